The van der Waals surface area contributed by atoms with E-state index in [1.165, 1.54) is 0 Å². The Hall–Kier alpha value is -3.77. The SMILES string of the molecule is CCOC(C)(C(=O)O)c1ccc(OCC=C(C)c2ccc(-c3cc(OC)ccc3OC)cc2)cc1. The van der Waals surface area contributed by atoms with Gasteiger partial charge in [-0.2, -0.15) is 0 Å². The van der Waals surface area contributed by atoms with E-state index in [1.54, 1.807) is 52.3 Å². The minimum Gasteiger partial charge on any atom is -0.497 e. The van der Waals surface area contributed by atoms with Crippen LogP contribution in [0.1, 0.15) is 31.9 Å². The van der Waals surface area contributed by atoms with Crippen molar-refractivity contribution in [3.63, 3.8) is 0 Å². The Balaban J connectivity index is 1.67. The highest BCUT2D eigenvalue weighted by atomic mass is 16.5. The van der Waals surface area contributed by atoms with E-state index in [0.717, 1.165) is 33.8 Å². The van der Waals surface area contributed by atoms with Crippen molar-refractivity contribution in [1.82, 2.24) is 0 Å². The number of benzene rings is 3. The molecule has 6 heteroatoms. The molecular weight excluding hydrogens is 444 g/mol. The molecule has 6 nitrogen and oxygen atoms in total. The van der Waals surface area contributed by atoms with Crippen LogP contribution in [0.5, 0.6) is 17.2 Å². The lowest BCUT2D eigenvalue weighted by Crippen LogP contribution is -2.35. The lowest BCUT2D eigenvalue weighted by atomic mass is 9.96. The molecular formula is C29H32O6. The van der Waals surface area contributed by atoms with Gasteiger partial charge in [0.05, 0.1) is 14.2 Å². The van der Waals surface area contributed by atoms with Crippen molar-refractivity contribution in [2.24, 2.45) is 0 Å². The number of ether oxygens (including phenoxy) is 4. The summed E-state index contributed by atoms with van der Waals surface area (Å²) < 4.78 is 22.2. The molecule has 0 spiro atoms. The van der Waals surface area contributed by atoms with Crippen molar-refractivity contribution in [2.45, 2.75) is 26.4 Å². The Bertz CT molecular complexity index is 1160. The van der Waals surface area contributed by atoms with Gasteiger partial charge >= 0.3 is 5.97 Å². The van der Waals surface area contributed by atoms with Crippen LogP contribution in [0.4, 0.5) is 0 Å². The van der Waals surface area contributed by atoms with E-state index in [-0.39, 0.29) is 0 Å². The van der Waals surface area contributed by atoms with Crippen molar-refractivity contribution in [3.8, 4) is 28.4 Å². The molecule has 0 amide bonds. The highest BCUT2D eigenvalue weighted by molar-refractivity contribution is 5.79. The van der Waals surface area contributed by atoms with Crippen LogP contribution in [-0.4, -0.2) is 38.5 Å². The molecule has 1 atom stereocenters. The first-order valence-corrected chi connectivity index (χ1v) is 11.4. The molecule has 0 fully saturated rings. The van der Waals surface area contributed by atoms with Crippen LogP contribution in [0.25, 0.3) is 16.7 Å². The highest BCUT2D eigenvalue weighted by Crippen LogP contribution is 2.34. The zero-order valence-corrected chi connectivity index (χ0v) is 20.8. The maximum Gasteiger partial charge on any atom is 0.340 e. The number of carboxylic acid groups (broad SMARTS) is 1. The van der Waals surface area contributed by atoms with Crippen LogP contribution in [-0.2, 0) is 15.1 Å². The van der Waals surface area contributed by atoms with Crippen LogP contribution in [0, 0.1) is 0 Å². The Labute approximate surface area is 206 Å². The van der Waals surface area contributed by atoms with Gasteiger partial charge in [0.1, 0.15) is 23.9 Å². The summed E-state index contributed by atoms with van der Waals surface area (Å²) >= 11 is 0. The zero-order chi connectivity index (χ0) is 25.4. The molecule has 0 heterocycles. The molecule has 0 bridgehead atoms. The topological polar surface area (TPSA) is 74.2 Å². The van der Waals surface area contributed by atoms with Gasteiger partial charge in [-0.3, -0.25) is 0 Å². The minimum absolute atomic E-state index is 0.305. The van der Waals surface area contributed by atoms with Gasteiger partial charge in [0.15, 0.2) is 5.60 Å². The zero-order valence-electron chi connectivity index (χ0n) is 20.8. The predicted octanol–water partition coefficient (Wildman–Crippen LogP) is 6.19. The largest absolute Gasteiger partial charge is 0.497 e. The maximum atomic E-state index is 11.7. The molecule has 0 aliphatic rings. The Kier molecular flexibility index (Phi) is 8.55. The fourth-order valence-corrected chi connectivity index (χ4v) is 3.76. The van der Waals surface area contributed by atoms with E-state index in [0.29, 0.717) is 24.5 Å². The lowest BCUT2D eigenvalue weighted by Gasteiger charge is -2.25. The van der Waals surface area contributed by atoms with E-state index in [1.807, 2.05) is 31.2 Å². The third-order valence-corrected chi connectivity index (χ3v) is 5.94. The van der Waals surface area contributed by atoms with Gasteiger partial charge in [-0.15, -0.1) is 0 Å². The molecule has 3 rings (SSSR count). The summed E-state index contributed by atoms with van der Waals surface area (Å²) in [4.78, 5) is 11.7. The van der Waals surface area contributed by atoms with Crippen molar-refractivity contribution >= 4 is 11.5 Å². The number of allylic oxidation sites excluding steroid dienone is 1. The second kappa shape index (κ2) is 11.6. The average Bonchev–Trinajstić information content (AvgIpc) is 2.88. The summed E-state index contributed by atoms with van der Waals surface area (Å²) in [5, 5.41) is 9.55. The molecule has 0 aliphatic carbocycles. The van der Waals surface area contributed by atoms with Gasteiger partial charge in [0.2, 0.25) is 0 Å². The molecule has 0 saturated heterocycles. The molecule has 0 saturated carbocycles. The minimum atomic E-state index is -1.38. The Morgan fingerprint density at radius 2 is 1.60 bits per heavy atom. The Morgan fingerprint density at radius 3 is 2.17 bits per heavy atom. The summed E-state index contributed by atoms with van der Waals surface area (Å²) in [5.74, 6) is 1.19. The van der Waals surface area contributed by atoms with Crippen LogP contribution in [0.3, 0.4) is 0 Å². The molecule has 35 heavy (non-hydrogen) atoms. The number of aliphatic carboxylic acids is 1. The molecule has 184 valence electrons. The molecule has 3 aromatic rings. The van der Waals surface area contributed by atoms with E-state index in [9.17, 15) is 9.90 Å². The van der Waals surface area contributed by atoms with Crippen molar-refractivity contribution in [1.29, 1.82) is 0 Å². The number of rotatable bonds is 11. The normalized spacial score (nSPS) is 13.1. The molecule has 1 unspecified atom stereocenters. The van der Waals surface area contributed by atoms with E-state index < -0.39 is 11.6 Å². The summed E-state index contributed by atoms with van der Waals surface area (Å²) in [6, 6.07) is 20.9. The third-order valence-electron chi connectivity index (χ3n) is 5.94. The number of carboxylic acids is 1. The van der Waals surface area contributed by atoms with Crippen LogP contribution < -0.4 is 14.2 Å². The van der Waals surface area contributed by atoms with Gasteiger partial charge in [0.25, 0.3) is 0 Å². The summed E-state index contributed by atoms with van der Waals surface area (Å²) in [6.45, 7) is 6.05. The van der Waals surface area contributed by atoms with Crippen LogP contribution in [0.2, 0.25) is 0 Å². The fraction of sp³-hybridized carbons (Fsp3) is 0.276. The second-order valence-electron chi connectivity index (χ2n) is 8.14. The Morgan fingerprint density at radius 1 is 0.943 bits per heavy atom. The number of methoxy groups -OCH3 is 2. The first-order chi connectivity index (χ1) is 16.8. The fourth-order valence-electron chi connectivity index (χ4n) is 3.76. The average molecular weight is 477 g/mol. The van der Waals surface area contributed by atoms with Gasteiger partial charge in [-0.25, -0.2) is 4.79 Å². The highest BCUT2D eigenvalue weighted by Gasteiger charge is 2.35. The third kappa shape index (κ3) is 6.03. The summed E-state index contributed by atoms with van der Waals surface area (Å²) in [5.41, 5.74) is 3.36. The molecule has 0 aliphatic heterocycles. The van der Waals surface area contributed by atoms with Crippen LogP contribution in [0.15, 0.2) is 72.8 Å². The number of hydrogen-bond acceptors (Lipinski definition) is 5. The van der Waals surface area contributed by atoms with Gasteiger partial charge < -0.3 is 24.1 Å². The first-order valence-electron chi connectivity index (χ1n) is 11.4. The van der Waals surface area contributed by atoms with Crippen molar-refractivity contribution < 1.29 is 28.8 Å². The van der Waals surface area contributed by atoms with Gasteiger partial charge in [0, 0.05) is 12.2 Å². The summed E-state index contributed by atoms with van der Waals surface area (Å²) in [7, 11) is 3.30. The molecule has 1 N–H and O–H groups in total. The first kappa shape index (κ1) is 25.8. The number of hydrogen-bond donors (Lipinski definition) is 1. The van der Waals surface area contributed by atoms with Gasteiger partial charge in [-0.05, 0) is 79.4 Å². The molecule has 0 radical (unpaired) electrons. The van der Waals surface area contributed by atoms with E-state index >= 15 is 0 Å². The van der Waals surface area contributed by atoms with Crippen molar-refractivity contribution in [2.75, 3.05) is 27.4 Å². The standard InChI is InChI=1S/C29H32O6/c1-6-35-29(3,28(30)31)23-11-13-24(14-12-23)34-18-17-20(2)21-7-9-22(10-8-21)26-19-25(32-4)15-16-27(26)33-5/h7-17,19H,6,18H2,1-5H3,(H,30,31). The molecule has 3 aromatic carbocycles. The van der Waals surface area contributed by atoms with Crippen LogP contribution >= 0.6 is 0 Å². The van der Waals surface area contributed by atoms with E-state index in [2.05, 4.69) is 24.3 Å². The maximum absolute atomic E-state index is 11.7. The molecule has 0 aromatic heterocycles. The van der Waals surface area contributed by atoms with Gasteiger partial charge in [-0.1, -0.05) is 36.4 Å². The smallest absolute Gasteiger partial charge is 0.340 e. The predicted molar refractivity (Wildman–Crippen MR) is 137 cm³/mol. The quantitative estimate of drug-likeness (QED) is 0.356. The summed E-state index contributed by atoms with van der Waals surface area (Å²) in [6.07, 6.45) is 2.01. The van der Waals surface area contributed by atoms with E-state index in [4.69, 9.17) is 18.9 Å². The monoisotopic (exact) mass is 476 g/mol. The lowest BCUT2D eigenvalue weighted by molar-refractivity contribution is -0.164. The van der Waals surface area contributed by atoms with Crippen molar-refractivity contribution in [3.05, 3.63) is 83.9 Å². The second-order valence-corrected chi connectivity index (χ2v) is 8.14. The number of carbonyl (C=O) groups is 1.